The van der Waals surface area contributed by atoms with Crippen LogP contribution in [-0.2, 0) is 20.9 Å². The number of hydrogen-bond acceptors (Lipinski definition) is 6. The van der Waals surface area contributed by atoms with Crippen LogP contribution >= 0.6 is 34.3 Å². The van der Waals surface area contributed by atoms with E-state index in [0.29, 0.717) is 25.2 Å². The van der Waals surface area contributed by atoms with Gasteiger partial charge in [0.15, 0.2) is 4.80 Å². The van der Waals surface area contributed by atoms with Gasteiger partial charge >= 0.3 is 5.97 Å². The summed E-state index contributed by atoms with van der Waals surface area (Å²) >= 11 is 8.25. The van der Waals surface area contributed by atoms with Gasteiger partial charge in [0.05, 0.1) is 26.5 Å². The third-order valence-corrected chi connectivity index (χ3v) is 5.76. The number of rotatable bonds is 4. The van der Waals surface area contributed by atoms with Gasteiger partial charge in [-0.25, -0.2) is 0 Å². The van der Waals surface area contributed by atoms with Crippen LogP contribution in [0.5, 0.6) is 0 Å². The highest BCUT2D eigenvalue weighted by atomic mass is 35.5. The average molecular weight is 424 g/mol. The second kappa shape index (κ2) is 8.03. The SMILES string of the molecule is COC(=O)Cn1c(=NC(=O)c2ccc(Cl)s2)sc2cc(NC(C)=O)ccc21. The number of thiophene rings is 1. The number of esters is 1. The van der Waals surface area contributed by atoms with Crippen molar-refractivity contribution in [3.8, 4) is 0 Å². The fraction of sp³-hybridized carbons (Fsp3) is 0.176. The molecule has 0 saturated carbocycles. The molecular weight excluding hydrogens is 410 g/mol. The normalized spacial score (nSPS) is 11.6. The molecule has 0 saturated heterocycles. The van der Waals surface area contributed by atoms with Crippen LogP contribution in [0.15, 0.2) is 35.3 Å². The van der Waals surface area contributed by atoms with Gasteiger partial charge in [-0.2, -0.15) is 4.99 Å². The summed E-state index contributed by atoms with van der Waals surface area (Å²) in [5, 5.41) is 2.70. The minimum atomic E-state index is -0.464. The Morgan fingerprint density at radius 1 is 1.22 bits per heavy atom. The van der Waals surface area contributed by atoms with E-state index in [2.05, 4.69) is 10.3 Å². The van der Waals surface area contributed by atoms with Crippen molar-refractivity contribution in [2.45, 2.75) is 13.5 Å². The second-order valence-corrected chi connectivity index (χ2v) is 8.16. The summed E-state index contributed by atoms with van der Waals surface area (Å²) in [6, 6.07) is 8.47. The van der Waals surface area contributed by atoms with Crippen molar-refractivity contribution in [1.82, 2.24) is 4.57 Å². The summed E-state index contributed by atoms with van der Waals surface area (Å²) in [6.07, 6.45) is 0. The first-order valence-electron chi connectivity index (χ1n) is 7.69. The van der Waals surface area contributed by atoms with Crippen molar-refractivity contribution in [3.05, 3.63) is 44.3 Å². The third kappa shape index (κ3) is 4.44. The number of carbonyl (C=O) groups excluding carboxylic acids is 3. The minimum Gasteiger partial charge on any atom is -0.468 e. The number of carbonyl (C=O) groups is 3. The molecule has 2 aromatic heterocycles. The van der Waals surface area contributed by atoms with Gasteiger partial charge in [0, 0.05) is 12.6 Å². The Morgan fingerprint density at radius 3 is 2.63 bits per heavy atom. The Kier molecular flexibility index (Phi) is 5.73. The molecule has 0 aliphatic heterocycles. The number of fused-ring (bicyclic) bond motifs is 1. The molecule has 0 fully saturated rings. The number of anilines is 1. The van der Waals surface area contributed by atoms with Crippen LogP contribution in [-0.4, -0.2) is 29.5 Å². The lowest BCUT2D eigenvalue weighted by Crippen LogP contribution is -2.22. The molecule has 2 heterocycles. The molecule has 3 aromatic rings. The number of thiazole rings is 1. The first-order valence-corrected chi connectivity index (χ1v) is 9.70. The predicted octanol–water partition coefficient (Wildman–Crippen LogP) is 3.29. The summed E-state index contributed by atoms with van der Waals surface area (Å²) < 4.78 is 7.61. The van der Waals surface area contributed by atoms with E-state index in [4.69, 9.17) is 16.3 Å². The largest absolute Gasteiger partial charge is 0.468 e. The summed E-state index contributed by atoms with van der Waals surface area (Å²) in [5.74, 6) is -1.10. The number of benzene rings is 1. The highest BCUT2D eigenvalue weighted by Gasteiger charge is 2.14. The van der Waals surface area contributed by atoms with Crippen molar-refractivity contribution < 1.29 is 19.1 Å². The standard InChI is InChI=1S/C17H14ClN3O4S2/c1-9(22)19-10-3-4-11-13(7-10)27-17(21(11)8-15(23)25-2)20-16(24)12-5-6-14(18)26-12/h3-7H,8H2,1-2H3,(H,19,22). The molecule has 3 rings (SSSR count). The van der Waals surface area contributed by atoms with Crippen molar-refractivity contribution in [1.29, 1.82) is 0 Å². The number of nitrogens with zero attached hydrogens (tertiary/aromatic N) is 2. The van der Waals surface area contributed by atoms with E-state index in [1.807, 2.05) is 0 Å². The molecule has 0 spiro atoms. The van der Waals surface area contributed by atoms with E-state index < -0.39 is 11.9 Å². The van der Waals surface area contributed by atoms with Gasteiger partial charge in [-0.15, -0.1) is 11.3 Å². The van der Waals surface area contributed by atoms with E-state index in [-0.39, 0.29) is 12.5 Å². The van der Waals surface area contributed by atoms with Gasteiger partial charge in [-0.05, 0) is 30.3 Å². The molecular formula is C17H14ClN3O4S2. The van der Waals surface area contributed by atoms with E-state index in [1.165, 1.54) is 25.4 Å². The van der Waals surface area contributed by atoms with Crippen molar-refractivity contribution >= 4 is 68.0 Å². The molecule has 2 amide bonds. The van der Waals surface area contributed by atoms with Gasteiger partial charge in [0.1, 0.15) is 6.54 Å². The van der Waals surface area contributed by atoms with E-state index in [1.54, 1.807) is 34.9 Å². The van der Waals surface area contributed by atoms with Gasteiger partial charge in [-0.3, -0.25) is 14.4 Å². The number of nitrogens with one attached hydrogen (secondary N) is 1. The van der Waals surface area contributed by atoms with Crippen molar-refractivity contribution in [2.24, 2.45) is 4.99 Å². The highest BCUT2D eigenvalue weighted by molar-refractivity contribution is 7.18. The second-order valence-electron chi connectivity index (χ2n) is 5.43. The van der Waals surface area contributed by atoms with Gasteiger partial charge < -0.3 is 14.6 Å². The summed E-state index contributed by atoms with van der Waals surface area (Å²) in [7, 11) is 1.29. The van der Waals surface area contributed by atoms with Gasteiger partial charge in [-0.1, -0.05) is 22.9 Å². The molecule has 140 valence electrons. The molecule has 0 aliphatic rings. The zero-order valence-electron chi connectivity index (χ0n) is 14.3. The van der Waals surface area contributed by atoms with Crippen LogP contribution in [0.25, 0.3) is 10.2 Å². The van der Waals surface area contributed by atoms with Gasteiger partial charge in [0.2, 0.25) is 5.91 Å². The van der Waals surface area contributed by atoms with Crippen LogP contribution < -0.4 is 10.1 Å². The molecule has 0 atom stereocenters. The smallest absolute Gasteiger partial charge is 0.325 e. The topological polar surface area (TPSA) is 89.8 Å². The van der Waals surface area contributed by atoms with E-state index >= 15 is 0 Å². The molecule has 0 bridgehead atoms. The Hall–Kier alpha value is -2.49. The lowest BCUT2D eigenvalue weighted by atomic mass is 10.3. The van der Waals surface area contributed by atoms with E-state index in [0.717, 1.165) is 16.0 Å². The third-order valence-electron chi connectivity index (χ3n) is 3.50. The van der Waals surface area contributed by atoms with Crippen LogP contribution in [0.3, 0.4) is 0 Å². The number of halogens is 1. The Morgan fingerprint density at radius 2 is 2.00 bits per heavy atom. The zero-order chi connectivity index (χ0) is 19.6. The molecule has 0 aliphatic carbocycles. The fourth-order valence-electron chi connectivity index (χ4n) is 2.36. The first-order chi connectivity index (χ1) is 12.9. The van der Waals surface area contributed by atoms with Crippen molar-refractivity contribution in [3.63, 3.8) is 0 Å². The average Bonchev–Trinajstić information content (AvgIpc) is 3.18. The zero-order valence-corrected chi connectivity index (χ0v) is 16.7. The van der Waals surface area contributed by atoms with Gasteiger partial charge in [0.25, 0.3) is 5.91 Å². The lowest BCUT2D eigenvalue weighted by Gasteiger charge is -2.05. The van der Waals surface area contributed by atoms with Crippen LogP contribution in [0.4, 0.5) is 5.69 Å². The van der Waals surface area contributed by atoms with Crippen LogP contribution in [0, 0.1) is 0 Å². The maximum Gasteiger partial charge on any atom is 0.325 e. The maximum absolute atomic E-state index is 12.4. The summed E-state index contributed by atoms with van der Waals surface area (Å²) in [4.78, 5) is 40.4. The maximum atomic E-state index is 12.4. The van der Waals surface area contributed by atoms with Crippen LogP contribution in [0.1, 0.15) is 16.6 Å². The fourth-order valence-corrected chi connectivity index (χ4v) is 4.35. The number of amides is 2. The quantitative estimate of drug-likeness (QED) is 0.652. The summed E-state index contributed by atoms with van der Waals surface area (Å²) in [5.41, 5.74) is 1.32. The Labute approximate surface area is 166 Å². The molecule has 10 heteroatoms. The van der Waals surface area contributed by atoms with E-state index in [9.17, 15) is 14.4 Å². The first kappa shape index (κ1) is 19.3. The molecule has 1 aromatic carbocycles. The minimum absolute atomic E-state index is 0.0900. The molecule has 27 heavy (non-hydrogen) atoms. The van der Waals surface area contributed by atoms with Crippen LogP contribution in [0.2, 0.25) is 4.34 Å². The lowest BCUT2D eigenvalue weighted by molar-refractivity contribution is -0.141. The number of ether oxygens (including phenoxy) is 1. The Bertz CT molecular complexity index is 1110. The monoisotopic (exact) mass is 423 g/mol. The number of aromatic nitrogens is 1. The van der Waals surface area contributed by atoms with Crippen molar-refractivity contribution in [2.75, 3.05) is 12.4 Å². The Balaban J connectivity index is 2.12. The predicted molar refractivity (Wildman–Crippen MR) is 105 cm³/mol. The molecule has 7 nitrogen and oxygen atoms in total. The molecule has 0 radical (unpaired) electrons. The molecule has 0 unspecified atom stereocenters. The highest BCUT2D eigenvalue weighted by Crippen LogP contribution is 2.24. The summed E-state index contributed by atoms with van der Waals surface area (Å²) in [6.45, 7) is 1.33. The number of hydrogen-bond donors (Lipinski definition) is 1. The number of methoxy groups -OCH3 is 1. The molecule has 1 N–H and O–H groups in total.